The van der Waals surface area contributed by atoms with E-state index < -0.39 is 0 Å². The molecule has 0 radical (unpaired) electrons. The highest BCUT2D eigenvalue weighted by Crippen LogP contribution is 2.20. The van der Waals surface area contributed by atoms with Crippen molar-refractivity contribution in [3.05, 3.63) is 70.2 Å². The summed E-state index contributed by atoms with van der Waals surface area (Å²) in [7, 11) is 0. The van der Waals surface area contributed by atoms with Gasteiger partial charge in [0.1, 0.15) is 0 Å². The average molecular weight is 375 g/mol. The van der Waals surface area contributed by atoms with Gasteiger partial charge in [-0.2, -0.15) is 0 Å². The Morgan fingerprint density at radius 3 is 2.50 bits per heavy atom. The van der Waals surface area contributed by atoms with E-state index in [9.17, 15) is 4.79 Å². The first-order chi connectivity index (χ1) is 10.5. The number of carbonyl (C=O) groups excluding carboxylic acids is 1. The lowest BCUT2D eigenvalue weighted by atomic mass is 10.1. The molecule has 0 unspecified atom stereocenters. The van der Waals surface area contributed by atoms with Crippen LogP contribution in [0.5, 0.6) is 0 Å². The summed E-state index contributed by atoms with van der Waals surface area (Å²) in [5, 5.41) is 5.83. The maximum absolute atomic E-state index is 11.8. The van der Waals surface area contributed by atoms with Gasteiger partial charge >= 0.3 is 0 Å². The molecule has 5 heteroatoms. The number of hydrogen-bond donors (Lipinski definition) is 2. The van der Waals surface area contributed by atoms with Crippen LogP contribution in [0.3, 0.4) is 0 Å². The number of thiocarbonyl (C=S) groups is 1. The highest BCUT2D eigenvalue weighted by atomic mass is 79.9. The van der Waals surface area contributed by atoms with E-state index in [1.54, 1.807) is 6.08 Å². The third kappa shape index (κ3) is 5.09. The Balaban J connectivity index is 1.90. The lowest BCUT2D eigenvalue weighted by molar-refractivity contribution is -0.115. The number of halogens is 1. The van der Waals surface area contributed by atoms with Gasteiger partial charge in [0.25, 0.3) is 0 Å². The SMILES string of the molecule is Cc1ccc(/C=C/C(=O)NC(=S)Nc2ccccc2Br)cc1. The highest BCUT2D eigenvalue weighted by molar-refractivity contribution is 9.10. The number of hydrogen-bond acceptors (Lipinski definition) is 2. The lowest BCUT2D eigenvalue weighted by Crippen LogP contribution is -2.32. The quantitative estimate of drug-likeness (QED) is 0.621. The third-order valence-electron chi connectivity index (χ3n) is 2.86. The molecule has 0 fully saturated rings. The van der Waals surface area contributed by atoms with E-state index in [0.29, 0.717) is 0 Å². The van der Waals surface area contributed by atoms with Crippen molar-refractivity contribution in [2.75, 3.05) is 5.32 Å². The first-order valence-electron chi connectivity index (χ1n) is 6.66. The second kappa shape index (κ2) is 7.87. The maximum atomic E-state index is 11.8. The highest BCUT2D eigenvalue weighted by Gasteiger charge is 2.03. The Kier molecular flexibility index (Phi) is 5.86. The molecule has 112 valence electrons. The molecule has 22 heavy (non-hydrogen) atoms. The fourth-order valence-corrected chi connectivity index (χ4v) is 2.31. The number of rotatable bonds is 3. The van der Waals surface area contributed by atoms with Crippen LogP contribution in [0.4, 0.5) is 5.69 Å². The van der Waals surface area contributed by atoms with Crippen molar-refractivity contribution >= 4 is 50.9 Å². The number of benzene rings is 2. The summed E-state index contributed by atoms with van der Waals surface area (Å²) < 4.78 is 0.877. The van der Waals surface area contributed by atoms with Gasteiger partial charge in [0.05, 0.1) is 5.69 Å². The number of anilines is 1. The lowest BCUT2D eigenvalue weighted by Gasteiger charge is -2.09. The van der Waals surface area contributed by atoms with Crippen LogP contribution in [0, 0.1) is 6.92 Å². The van der Waals surface area contributed by atoms with E-state index in [2.05, 4.69) is 26.6 Å². The molecular weight excluding hydrogens is 360 g/mol. The number of nitrogens with one attached hydrogen (secondary N) is 2. The molecule has 2 aromatic rings. The van der Waals surface area contributed by atoms with Crippen molar-refractivity contribution in [2.45, 2.75) is 6.92 Å². The maximum Gasteiger partial charge on any atom is 0.250 e. The van der Waals surface area contributed by atoms with Crippen LogP contribution in [-0.4, -0.2) is 11.0 Å². The minimum Gasteiger partial charge on any atom is -0.331 e. The Morgan fingerprint density at radius 1 is 1.14 bits per heavy atom. The van der Waals surface area contributed by atoms with Crippen molar-refractivity contribution < 1.29 is 4.79 Å². The van der Waals surface area contributed by atoms with Crippen LogP contribution >= 0.6 is 28.1 Å². The Hall–Kier alpha value is -1.98. The zero-order valence-electron chi connectivity index (χ0n) is 12.0. The summed E-state index contributed by atoms with van der Waals surface area (Å²) in [4.78, 5) is 11.8. The van der Waals surface area contributed by atoms with Gasteiger partial charge in [-0.25, -0.2) is 0 Å². The van der Waals surface area contributed by atoms with Gasteiger partial charge < -0.3 is 5.32 Å². The van der Waals surface area contributed by atoms with Crippen molar-refractivity contribution in [3.63, 3.8) is 0 Å². The molecule has 0 spiro atoms. The molecule has 0 aliphatic carbocycles. The summed E-state index contributed by atoms with van der Waals surface area (Å²) in [6.07, 6.45) is 3.20. The molecule has 0 heterocycles. The first kappa shape index (κ1) is 16.4. The second-order valence-electron chi connectivity index (χ2n) is 4.67. The molecule has 1 amide bonds. The van der Waals surface area contributed by atoms with E-state index >= 15 is 0 Å². The smallest absolute Gasteiger partial charge is 0.250 e. The van der Waals surface area contributed by atoms with Crippen LogP contribution in [0.25, 0.3) is 6.08 Å². The Bertz CT molecular complexity index is 711. The zero-order valence-corrected chi connectivity index (χ0v) is 14.4. The molecule has 0 bridgehead atoms. The van der Waals surface area contributed by atoms with E-state index in [-0.39, 0.29) is 11.0 Å². The van der Waals surface area contributed by atoms with E-state index in [0.717, 1.165) is 15.7 Å². The first-order valence-corrected chi connectivity index (χ1v) is 7.86. The van der Waals surface area contributed by atoms with E-state index in [4.69, 9.17) is 12.2 Å². The molecule has 0 saturated heterocycles. The van der Waals surface area contributed by atoms with Gasteiger partial charge in [0.15, 0.2) is 5.11 Å². The standard InChI is InChI=1S/C17H15BrN2OS/c1-12-6-8-13(9-7-12)10-11-16(21)20-17(22)19-15-5-3-2-4-14(15)18/h2-11H,1H3,(H2,19,20,21,22)/b11-10+. The second-order valence-corrected chi connectivity index (χ2v) is 5.93. The van der Waals surface area contributed by atoms with E-state index in [1.165, 1.54) is 11.6 Å². The predicted octanol–water partition coefficient (Wildman–Crippen LogP) is 4.28. The number of aryl methyl sites for hydroxylation is 1. The summed E-state index contributed by atoms with van der Waals surface area (Å²) in [6, 6.07) is 15.5. The molecule has 2 rings (SSSR count). The number of para-hydroxylation sites is 1. The summed E-state index contributed by atoms with van der Waals surface area (Å²) in [6.45, 7) is 2.02. The van der Waals surface area contributed by atoms with Gasteiger partial charge in [-0.1, -0.05) is 42.0 Å². The van der Waals surface area contributed by atoms with Crippen LogP contribution < -0.4 is 10.6 Å². The summed E-state index contributed by atoms with van der Waals surface area (Å²) in [5.41, 5.74) is 2.95. The molecule has 0 aliphatic heterocycles. The van der Waals surface area contributed by atoms with Crippen molar-refractivity contribution in [1.82, 2.24) is 5.32 Å². The van der Waals surface area contributed by atoms with Crippen molar-refractivity contribution in [3.8, 4) is 0 Å². The topological polar surface area (TPSA) is 41.1 Å². The van der Waals surface area contributed by atoms with Gasteiger partial charge in [-0.05, 0) is 58.8 Å². The molecule has 0 saturated carbocycles. The minimum absolute atomic E-state index is 0.255. The van der Waals surface area contributed by atoms with Gasteiger partial charge in [-0.3, -0.25) is 10.1 Å². The Morgan fingerprint density at radius 2 is 1.82 bits per heavy atom. The molecule has 2 aromatic carbocycles. The molecule has 3 nitrogen and oxygen atoms in total. The van der Waals surface area contributed by atoms with Gasteiger partial charge in [-0.15, -0.1) is 0 Å². The zero-order chi connectivity index (χ0) is 15.9. The Labute approximate surface area is 143 Å². The molecule has 2 N–H and O–H groups in total. The number of carbonyl (C=O) groups is 1. The molecule has 0 atom stereocenters. The van der Waals surface area contributed by atoms with Crippen molar-refractivity contribution in [2.24, 2.45) is 0 Å². The molecule has 0 aliphatic rings. The van der Waals surface area contributed by atoms with Crippen molar-refractivity contribution in [1.29, 1.82) is 0 Å². The average Bonchev–Trinajstić information content (AvgIpc) is 2.49. The minimum atomic E-state index is -0.273. The molecule has 0 aromatic heterocycles. The number of amides is 1. The normalized spacial score (nSPS) is 10.5. The predicted molar refractivity (Wildman–Crippen MR) is 98.7 cm³/mol. The van der Waals surface area contributed by atoms with Crippen LogP contribution in [0.15, 0.2) is 59.1 Å². The largest absolute Gasteiger partial charge is 0.331 e. The molecular formula is C17H15BrN2OS. The fraction of sp³-hybridized carbons (Fsp3) is 0.0588. The van der Waals surface area contributed by atoms with Crippen LogP contribution in [-0.2, 0) is 4.79 Å². The summed E-state index contributed by atoms with van der Waals surface area (Å²) >= 11 is 8.53. The van der Waals surface area contributed by atoms with Gasteiger partial charge in [0.2, 0.25) is 5.91 Å². The summed E-state index contributed by atoms with van der Waals surface area (Å²) in [5.74, 6) is -0.273. The van der Waals surface area contributed by atoms with Crippen LogP contribution in [0.1, 0.15) is 11.1 Å². The fourth-order valence-electron chi connectivity index (χ4n) is 1.72. The van der Waals surface area contributed by atoms with Crippen LogP contribution in [0.2, 0.25) is 0 Å². The third-order valence-corrected chi connectivity index (χ3v) is 3.76. The van der Waals surface area contributed by atoms with Gasteiger partial charge in [0, 0.05) is 10.5 Å². The monoisotopic (exact) mass is 374 g/mol. The van der Waals surface area contributed by atoms with E-state index in [1.807, 2.05) is 55.5 Å².